The molecular weight excluding hydrogens is 372 g/mol. The van der Waals surface area contributed by atoms with Gasteiger partial charge in [0, 0.05) is 44.6 Å². The number of piperazine rings is 1. The van der Waals surface area contributed by atoms with Gasteiger partial charge in [0.15, 0.2) is 5.76 Å². The van der Waals surface area contributed by atoms with E-state index < -0.39 is 0 Å². The molecule has 0 radical (unpaired) electrons. The lowest BCUT2D eigenvalue weighted by Gasteiger charge is -2.34. The molecule has 8 heteroatoms. The molecule has 0 aliphatic carbocycles. The van der Waals surface area contributed by atoms with E-state index >= 15 is 0 Å². The van der Waals surface area contributed by atoms with Crippen LogP contribution in [0.2, 0.25) is 0 Å². The molecule has 1 saturated heterocycles. The van der Waals surface area contributed by atoms with E-state index in [9.17, 15) is 9.59 Å². The normalized spacial score (nSPS) is 14.2. The topological polar surface area (TPSA) is 92.7 Å². The van der Waals surface area contributed by atoms with Crippen LogP contribution in [0, 0.1) is 6.92 Å². The molecule has 1 aliphatic heterocycles. The lowest BCUT2D eigenvalue weighted by Crippen LogP contribution is -2.50. The lowest BCUT2D eigenvalue weighted by atomic mass is 10.1. The fraction of sp³-hybridized carbons (Fsp3) is 0.333. The van der Waals surface area contributed by atoms with Gasteiger partial charge in [-0.3, -0.25) is 9.59 Å². The SMILES string of the molecule is Cc1ccccc1-c1noc(CCC(=O)N2CCN(C(=O)c3ccco3)CC2)n1. The van der Waals surface area contributed by atoms with E-state index in [1.54, 1.807) is 21.9 Å². The van der Waals surface area contributed by atoms with Crippen molar-refractivity contribution in [2.24, 2.45) is 0 Å². The van der Waals surface area contributed by atoms with Crippen LogP contribution in [0.5, 0.6) is 0 Å². The third-order valence-electron chi connectivity index (χ3n) is 5.06. The summed E-state index contributed by atoms with van der Waals surface area (Å²) in [6, 6.07) is 11.2. The van der Waals surface area contributed by atoms with Crippen LogP contribution in [-0.4, -0.2) is 57.9 Å². The van der Waals surface area contributed by atoms with Gasteiger partial charge < -0.3 is 18.7 Å². The van der Waals surface area contributed by atoms with Gasteiger partial charge in [-0.05, 0) is 24.6 Å². The van der Waals surface area contributed by atoms with Gasteiger partial charge in [-0.1, -0.05) is 29.4 Å². The Labute approximate surface area is 168 Å². The summed E-state index contributed by atoms with van der Waals surface area (Å²) in [7, 11) is 0. The summed E-state index contributed by atoms with van der Waals surface area (Å²) in [5, 5.41) is 4.03. The highest BCUT2D eigenvalue weighted by atomic mass is 16.5. The highest BCUT2D eigenvalue weighted by molar-refractivity contribution is 5.91. The Bertz CT molecular complexity index is 988. The number of hydrogen-bond donors (Lipinski definition) is 0. The van der Waals surface area contributed by atoms with Crippen LogP contribution in [0.1, 0.15) is 28.4 Å². The number of aromatic nitrogens is 2. The third-order valence-corrected chi connectivity index (χ3v) is 5.06. The third kappa shape index (κ3) is 4.21. The van der Waals surface area contributed by atoms with Crippen LogP contribution >= 0.6 is 0 Å². The Morgan fingerprint density at radius 1 is 1.03 bits per heavy atom. The van der Waals surface area contributed by atoms with Crippen molar-refractivity contribution in [3.63, 3.8) is 0 Å². The van der Waals surface area contributed by atoms with E-state index in [0.29, 0.717) is 56.5 Å². The zero-order valence-electron chi connectivity index (χ0n) is 16.2. The molecule has 4 rings (SSSR count). The number of carbonyl (C=O) groups excluding carboxylic acids is 2. The largest absolute Gasteiger partial charge is 0.459 e. The minimum absolute atomic E-state index is 0.0192. The Balaban J connectivity index is 1.28. The average molecular weight is 394 g/mol. The van der Waals surface area contributed by atoms with E-state index in [-0.39, 0.29) is 11.8 Å². The van der Waals surface area contributed by atoms with Crippen LogP contribution in [0.4, 0.5) is 0 Å². The predicted molar refractivity (Wildman–Crippen MR) is 104 cm³/mol. The van der Waals surface area contributed by atoms with Crippen LogP contribution in [0.25, 0.3) is 11.4 Å². The zero-order valence-corrected chi connectivity index (χ0v) is 16.2. The molecule has 3 heterocycles. The number of carbonyl (C=O) groups is 2. The van der Waals surface area contributed by atoms with E-state index in [0.717, 1.165) is 11.1 Å². The Kier molecular flexibility index (Phi) is 5.41. The first-order valence-corrected chi connectivity index (χ1v) is 9.61. The van der Waals surface area contributed by atoms with Gasteiger partial charge >= 0.3 is 0 Å². The first-order chi connectivity index (χ1) is 14.1. The fourth-order valence-electron chi connectivity index (χ4n) is 3.38. The van der Waals surface area contributed by atoms with Crippen molar-refractivity contribution < 1.29 is 18.5 Å². The van der Waals surface area contributed by atoms with E-state index in [1.165, 1.54) is 6.26 Å². The molecule has 0 N–H and O–H groups in total. The molecule has 0 unspecified atom stereocenters. The van der Waals surface area contributed by atoms with Gasteiger partial charge in [0.05, 0.1) is 6.26 Å². The Morgan fingerprint density at radius 2 is 1.79 bits per heavy atom. The molecule has 150 valence electrons. The summed E-state index contributed by atoms with van der Waals surface area (Å²) in [6.45, 7) is 3.98. The summed E-state index contributed by atoms with van der Waals surface area (Å²) < 4.78 is 10.5. The van der Waals surface area contributed by atoms with Gasteiger partial charge in [-0.2, -0.15) is 4.98 Å². The van der Waals surface area contributed by atoms with Gasteiger partial charge in [0.1, 0.15) is 0 Å². The number of amides is 2. The smallest absolute Gasteiger partial charge is 0.289 e. The predicted octanol–water partition coefficient (Wildman–Crippen LogP) is 2.56. The lowest BCUT2D eigenvalue weighted by molar-refractivity contribution is -0.132. The molecule has 2 aromatic heterocycles. The molecule has 0 spiro atoms. The summed E-state index contributed by atoms with van der Waals surface area (Å²) in [5.74, 6) is 1.19. The summed E-state index contributed by atoms with van der Waals surface area (Å²) in [6.07, 6.45) is 2.17. The van der Waals surface area contributed by atoms with E-state index in [4.69, 9.17) is 8.94 Å². The van der Waals surface area contributed by atoms with Gasteiger partial charge in [0.2, 0.25) is 17.6 Å². The second-order valence-corrected chi connectivity index (χ2v) is 6.98. The highest BCUT2D eigenvalue weighted by Gasteiger charge is 2.26. The number of benzene rings is 1. The van der Waals surface area contributed by atoms with Crippen molar-refractivity contribution in [1.82, 2.24) is 19.9 Å². The van der Waals surface area contributed by atoms with Crippen LogP contribution in [0.3, 0.4) is 0 Å². The maximum Gasteiger partial charge on any atom is 0.289 e. The molecule has 0 saturated carbocycles. The Morgan fingerprint density at radius 3 is 2.52 bits per heavy atom. The monoisotopic (exact) mass is 394 g/mol. The maximum absolute atomic E-state index is 12.5. The zero-order chi connectivity index (χ0) is 20.2. The van der Waals surface area contributed by atoms with Gasteiger partial charge in [-0.25, -0.2) is 0 Å². The van der Waals surface area contributed by atoms with E-state index in [2.05, 4.69) is 10.1 Å². The van der Waals surface area contributed by atoms with Crippen molar-refractivity contribution in [3.05, 3.63) is 59.9 Å². The Hall–Kier alpha value is -3.42. The standard InChI is InChI=1S/C21H22N4O4/c1-15-5-2-3-6-16(15)20-22-18(29-23-20)8-9-19(26)24-10-12-25(13-11-24)21(27)17-7-4-14-28-17/h2-7,14H,8-13H2,1H3. The maximum atomic E-state index is 12.5. The van der Waals surface area contributed by atoms with Crippen LogP contribution < -0.4 is 0 Å². The fourth-order valence-corrected chi connectivity index (χ4v) is 3.38. The molecule has 1 aliphatic rings. The minimum Gasteiger partial charge on any atom is -0.459 e. The van der Waals surface area contributed by atoms with Crippen molar-refractivity contribution in [2.75, 3.05) is 26.2 Å². The van der Waals surface area contributed by atoms with Crippen LogP contribution in [-0.2, 0) is 11.2 Å². The average Bonchev–Trinajstić information content (AvgIpc) is 3.44. The molecule has 3 aromatic rings. The van der Waals surface area contributed by atoms with Gasteiger partial charge in [-0.15, -0.1) is 0 Å². The van der Waals surface area contributed by atoms with E-state index in [1.807, 2.05) is 31.2 Å². The van der Waals surface area contributed by atoms with Crippen molar-refractivity contribution in [3.8, 4) is 11.4 Å². The number of furan rings is 1. The number of nitrogens with zero attached hydrogens (tertiary/aromatic N) is 4. The second-order valence-electron chi connectivity index (χ2n) is 6.98. The van der Waals surface area contributed by atoms with Crippen LogP contribution in [0.15, 0.2) is 51.6 Å². The van der Waals surface area contributed by atoms with Crippen molar-refractivity contribution in [1.29, 1.82) is 0 Å². The highest BCUT2D eigenvalue weighted by Crippen LogP contribution is 2.20. The van der Waals surface area contributed by atoms with Crippen molar-refractivity contribution in [2.45, 2.75) is 19.8 Å². The number of rotatable bonds is 5. The molecule has 0 atom stereocenters. The number of hydrogen-bond acceptors (Lipinski definition) is 6. The molecular formula is C21H22N4O4. The summed E-state index contributed by atoms with van der Waals surface area (Å²) in [4.78, 5) is 32.7. The number of aryl methyl sites for hydroxylation is 2. The molecule has 8 nitrogen and oxygen atoms in total. The molecule has 1 aromatic carbocycles. The molecule has 2 amide bonds. The second kappa shape index (κ2) is 8.30. The molecule has 0 bridgehead atoms. The summed E-state index contributed by atoms with van der Waals surface area (Å²) in [5.41, 5.74) is 1.99. The first kappa shape index (κ1) is 18.9. The van der Waals surface area contributed by atoms with Crippen molar-refractivity contribution >= 4 is 11.8 Å². The first-order valence-electron chi connectivity index (χ1n) is 9.61. The quantitative estimate of drug-likeness (QED) is 0.660. The molecule has 1 fully saturated rings. The minimum atomic E-state index is -0.142. The van der Waals surface area contributed by atoms with Gasteiger partial charge in [0.25, 0.3) is 5.91 Å². The molecule has 29 heavy (non-hydrogen) atoms. The summed E-state index contributed by atoms with van der Waals surface area (Å²) >= 11 is 0.